The topological polar surface area (TPSA) is 114 Å². The number of hydrogen-bond donors (Lipinski definition) is 1. The van der Waals surface area contributed by atoms with Gasteiger partial charge in [0.1, 0.15) is 16.9 Å². The Balaban J connectivity index is 2.33. The van der Waals surface area contributed by atoms with E-state index in [-0.39, 0.29) is 17.1 Å². The van der Waals surface area contributed by atoms with E-state index in [9.17, 15) is 19.7 Å². The maximum Gasteiger partial charge on any atom is 0.305 e. The number of carbonyl (C=O) groups excluding carboxylic acids is 1. The average Bonchev–Trinajstić information content (AvgIpc) is 2.84. The molecule has 0 aromatic carbocycles. The molecule has 1 aliphatic rings. The van der Waals surface area contributed by atoms with Gasteiger partial charge in [-0.25, -0.2) is 4.98 Å². The van der Waals surface area contributed by atoms with Gasteiger partial charge in [-0.05, 0) is 18.9 Å². The van der Waals surface area contributed by atoms with E-state index in [0.29, 0.717) is 19.4 Å². The molecule has 2 rings (SSSR count). The van der Waals surface area contributed by atoms with Crippen LogP contribution in [0.2, 0.25) is 5.15 Å². The molecule has 1 aliphatic heterocycles. The van der Waals surface area contributed by atoms with Crippen LogP contribution in [0.5, 0.6) is 0 Å². The van der Waals surface area contributed by atoms with Crippen LogP contribution in [-0.2, 0) is 4.79 Å². The van der Waals surface area contributed by atoms with Gasteiger partial charge in [-0.3, -0.25) is 19.7 Å². The summed E-state index contributed by atoms with van der Waals surface area (Å²) in [5.41, 5.74) is -0.609. The van der Waals surface area contributed by atoms with Crippen molar-refractivity contribution in [2.45, 2.75) is 25.3 Å². The van der Waals surface area contributed by atoms with Crippen LogP contribution in [0.1, 0.15) is 29.6 Å². The number of nitrogens with zero attached hydrogens (tertiary/aromatic N) is 3. The zero-order valence-electron chi connectivity index (χ0n) is 10.9. The molecule has 21 heavy (non-hydrogen) atoms. The van der Waals surface area contributed by atoms with Crippen molar-refractivity contribution in [3.05, 3.63) is 33.1 Å². The third kappa shape index (κ3) is 3.27. The molecule has 1 fully saturated rings. The van der Waals surface area contributed by atoms with Gasteiger partial charge in [0.15, 0.2) is 0 Å². The van der Waals surface area contributed by atoms with Crippen LogP contribution in [-0.4, -0.2) is 44.4 Å². The highest BCUT2D eigenvalue weighted by molar-refractivity contribution is 6.29. The molecule has 0 radical (unpaired) electrons. The summed E-state index contributed by atoms with van der Waals surface area (Å²) in [5.74, 6) is -1.60. The summed E-state index contributed by atoms with van der Waals surface area (Å²) in [5, 5.41) is 19.8. The van der Waals surface area contributed by atoms with E-state index in [2.05, 4.69) is 4.98 Å². The second-order valence-corrected chi connectivity index (χ2v) is 5.06. The molecular weight excluding hydrogens is 302 g/mol. The fraction of sp³-hybridized carbons (Fsp3) is 0.417. The molecule has 1 amide bonds. The molecule has 1 atom stereocenters. The zero-order valence-corrected chi connectivity index (χ0v) is 11.6. The third-order valence-electron chi connectivity index (χ3n) is 3.32. The molecule has 112 valence electrons. The van der Waals surface area contributed by atoms with Crippen molar-refractivity contribution < 1.29 is 19.6 Å². The molecule has 1 unspecified atom stereocenters. The van der Waals surface area contributed by atoms with Crippen molar-refractivity contribution in [1.29, 1.82) is 0 Å². The third-order valence-corrected chi connectivity index (χ3v) is 3.53. The van der Waals surface area contributed by atoms with Crippen molar-refractivity contribution in [3.8, 4) is 0 Å². The number of carboxylic acids is 1. The Hall–Kier alpha value is -2.22. The maximum atomic E-state index is 12.5. The van der Waals surface area contributed by atoms with E-state index in [1.165, 1.54) is 4.90 Å². The van der Waals surface area contributed by atoms with E-state index < -0.39 is 28.5 Å². The molecule has 2 heterocycles. The van der Waals surface area contributed by atoms with Crippen LogP contribution in [0.25, 0.3) is 0 Å². The highest BCUT2D eigenvalue weighted by atomic mass is 35.5. The molecule has 1 aromatic rings. The van der Waals surface area contributed by atoms with Gasteiger partial charge in [0, 0.05) is 12.6 Å². The Morgan fingerprint density at radius 3 is 2.90 bits per heavy atom. The second kappa shape index (κ2) is 6.04. The van der Waals surface area contributed by atoms with Crippen LogP contribution in [0.4, 0.5) is 5.69 Å². The predicted octanol–water partition coefficient (Wildman–Crippen LogP) is 1.72. The van der Waals surface area contributed by atoms with Crippen molar-refractivity contribution in [3.63, 3.8) is 0 Å². The average molecular weight is 314 g/mol. The number of aromatic nitrogens is 1. The van der Waals surface area contributed by atoms with Crippen molar-refractivity contribution in [2.24, 2.45) is 0 Å². The molecular formula is C12H12ClN3O5. The lowest BCUT2D eigenvalue weighted by atomic mass is 10.1. The predicted molar refractivity (Wildman–Crippen MR) is 72.2 cm³/mol. The first-order chi connectivity index (χ1) is 9.90. The Morgan fingerprint density at radius 2 is 2.29 bits per heavy atom. The van der Waals surface area contributed by atoms with Crippen LogP contribution < -0.4 is 0 Å². The minimum Gasteiger partial charge on any atom is -0.481 e. The molecule has 0 spiro atoms. The quantitative estimate of drug-likeness (QED) is 0.514. The van der Waals surface area contributed by atoms with E-state index in [1.807, 2.05) is 0 Å². The minimum absolute atomic E-state index is 0.0297. The second-order valence-electron chi connectivity index (χ2n) is 4.67. The van der Waals surface area contributed by atoms with Gasteiger partial charge in [0.05, 0.1) is 11.3 Å². The monoisotopic (exact) mass is 313 g/mol. The van der Waals surface area contributed by atoms with Gasteiger partial charge in [-0.2, -0.15) is 0 Å². The van der Waals surface area contributed by atoms with Crippen LogP contribution in [0.3, 0.4) is 0 Å². The minimum atomic E-state index is -1.01. The highest BCUT2D eigenvalue weighted by Gasteiger charge is 2.34. The van der Waals surface area contributed by atoms with Gasteiger partial charge >= 0.3 is 5.97 Å². The highest BCUT2D eigenvalue weighted by Crippen LogP contribution is 2.27. The van der Waals surface area contributed by atoms with Gasteiger partial charge in [0.25, 0.3) is 11.6 Å². The van der Waals surface area contributed by atoms with E-state index >= 15 is 0 Å². The molecule has 1 N–H and O–H groups in total. The number of halogens is 1. The molecule has 1 saturated heterocycles. The Kier molecular flexibility index (Phi) is 4.37. The van der Waals surface area contributed by atoms with Gasteiger partial charge in [-0.15, -0.1) is 0 Å². The van der Waals surface area contributed by atoms with E-state index in [0.717, 1.165) is 12.3 Å². The van der Waals surface area contributed by atoms with Gasteiger partial charge in [-0.1, -0.05) is 11.6 Å². The van der Waals surface area contributed by atoms with Crippen LogP contribution in [0.15, 0.2) is 12.3 Å². The summed E-state index contributed by atoms with van der Waals surface area (Å²) in [6.07, 6.45) is 1.97. The van der Waals surface area contributed by atoms with Crippen LogP contribution >= 0.6 is 11.6 Å². The standard InChI is InChI=1S/C12H12ClN3O5/c13-10-5-8(9(6-14-10)16(20)21)12(19)15-3-1-2-7(15)4-11(17)18/h5-7H,1-4H2,(H,17,18). The van der Waals surface area contributed by atoms with Crippen molar-refractivity contribution in [1.82, 2.24) is 9.88 Å². The largest absolute Gasteiger partial charge is 0.481 e. The summed E-state index contributed by atoms with van der Waals surface area (Å²) in [6.45, 7) is 0.369. The van der Waals surface area contributed by atoms with Gasteiger partial charge < -0.3 is 10.0 Å². The molecule has 0 saturated carbocycles. The van der Waals surface area contributed by atoms with E-state index in [1.54, 1.807) is 0 Å². The first-order valence-electron chi connectivity index (χ1n) is 6.23. The molecule has 8 nitrogen and oxygen atoms in total. The first kappa shape index (κ1) is 15.2. The number of carbonyl (C=O) groups is 2. The van der Waals surface area contributed by atoms with E-state index in [4.69, 9.17) is 16.7 Å². The number of aliphatic carboxylic acids is 1. The number of nitro groups is 1. The fourth-order valence-corrected chi connectivity index (χ4v) is 2.57. The molecule has 0 bridgehead atoms. The fourth-order valence-electron chi connectivity index (χ4n) is 2.41. The summed E-state index contributed by atoms with van der Waals surface area (Å²) in [6, 6.07) is 0.680. The summed E-state index contributed by atoms with van der Waals surface area (Å²) < 4.78 is 0. The Morgan fingerprint density at radius 1 is 1.57 bits per heavy atom. The van der Waals surface area contributed by atoms with Crippen molar-refractivity contribution in [2.75, 3.05) is 6.54 Å². The smallest absolute Gasteiger partial charge is 0.305 e. The number of pyridine rings is 1. The number of likely N-dealkylation sites (tertiary alicyclic amines) is 1. The molecule has 9 heteroatoms. The molecule has 0 aliphatic carbocycles. The molecule has 1 aromatic heterocycles. The lowest BCUT2D eigenvalue weighted by Crippen LogP contribution is -2.37. The number of amides is 1. The summed E-state index contributed by atoms with van der Waals surface area (Å²) in [4.78, 5) is 38.5. The van der Waals surface area contributed by atoms with Gasteiger partial charge in [0.2, 0.25) is 0 Å². The Labute approximate surface area is 124 Å². The number of hydrogen-bond acceptors (Lipinski definition) is 5. The summed E-state index contributed by atoms with van der Waals surface area (Å²) >= 11 is 5.69. The lowest BCUT2D eigenvalue weighted by Gasteiger charge is -2.23. The zero-order chi connectivity index (χ0) is 15.6. The van der Waals surface area contributed by atoms with Crippen LogP contribution in [0, 0.1) is 10.1 Å². The number of rotatable bonds is 4. The van der Waals surface area contributed by atoms with Crippen molar-refractivity contribution >= 4 is 29.2 Å². The summed E-state index contributed by atoms with van der Waals surface area (Å²) in [7, 11) is 0. The first-order valence-corrected chi connectivity index (χ1v) is 6.60. The Bertz CT molecular complexity index is 607. The SMILES string of the molecule is O=C(O)CC1CCCN1C(=O)c1cc(Cl)ncc1[N+](=O)[O-]. The maximum absolute atomic E-state index is 12.5. The lowest BCUT2D eigenvalue weighted by molar-refractivity contribution is -0.385. The normalized spacial score (nSPS) is 17.8. The number of carboxylic acid groups (broad SMARTS) is 1.